The van der Waals surface area contributed by atoms with E-state index in [1.165, 1.54) is 0 Å². The maximum Gasteiger partial charge on any atom is 0.211 e. The van der Waals surface area contributed by atoms with Crippen molar-refractivity contribution in [3.8, 4) is 0 Å². The normalized spacial score (nSPS) is 18.2. The van der Waals surface area contributed by atoms with Crippen molar-refractivity contribution in [1.29, 1.82) is 0 Å². The van der Waals surface area contributed by atoms with Gasteiger partial charge in [0.1, 0.15) is 0 Å². The number of aliphatic hydroxyl groups is 1. The Morgan fingerprint density at radius 1 is 1.25 bits per heavy atom. The summed E-state index contributed by atoms with van der Waals surface area (Å²) in [4.78, 5) is 3.91. The Morgan fingerprint density at radius 3 is 2.50 bits per heavy atom. The van der Waals surface area contributed by atoms with Crippen LogP contribution in [0, 0.1) is 5.41 Å². The van der Waals surface area contributed by atoms with Gasteiger partial charge >= 0.3 is 0 Å². The van der Waals surface area contributed by atoms with Crippen LogP contribution in [0.2, 0.25) is 0 Å². The molecule has 1 aromatic rings. The Kier molecular flexibility index (Phi) is 5.12. The summed E-state index contributed by atoms with van der Waals surface area (Å²) in [6.07, 6.45) is 7.73. The van der Waals surface area contributed by atoms with Crippen molar-refractivity contribution in [2.75, 3.05) is 18.9 Å². The maximum atomic E-state index is 12.0. The average molecular weight is 298 g/mol. The monoisotopic (exact) mass is 298 g/mol. The van der Waals surface area contributed by atoms with Gasteiger partial charge in [-0.1, -0.05) is 12.8 Å². The van der Waals surface area contributed by atoms with Gasteiger partial charge in [0.05, 0.1) is 5.75 Å². The van der Waals surface area contributed by atoms with Crippen molar-refractivity contribution in [2.45, 2.75) is 32.1 Å². The van der Waals surface area contributed by atoms with Gasteiger partial charge in [0, 0.05) is 31.0 Å². The molecule has 0 amide bonds. The van der Waals surface area contributed by atoms with Gasteiger partial charge < -0.3 is 5.11 Å². The van der Waals surface area contributed by atoms with Crippen LogP contribution >= 0.6 is 0 Å². The van der Waals surface area contributed by atoms with Gasteiger partial charge in [-0.3, -0.25) is 4.98 Å². The molecule has 0 saturated heterocycles. The number of pyridine rings is 1. The zero-order valence-electron chi connectivity index (χ0n) is 11.6. The molecule has 0 aliphatic heterocycles. The van der Waals surface area contributed by atoms with Gasteiger partial charge in [-0.25, -0.2) is 13.1 Å². The van der Waals surface area contributed by atoms with E-state index in [1.54, 1.807) is 12.4 Å². The molecule has 1 fully saturated rings. The SMILES string of the molecule is O=S(=O)(CCc1ccncc1)NCC1(CO)CCCC1. The molecule has 1 aliphatic rings. The van der Waals surface area contributed by atoms with Gasteiger partial charge in [-0.05, 0) is 37.0 Å². The molecule has 20 heavy (non-hydrogen) atoms. The van der Waals surface area contributed by atoms with Crippen molar-refractivity contribution in [1.82, 2.24) is 9.71 Å². The standard InChI is InChI=1S/C14H22N2O3S/c17-12-14(6-1-2-7-14)11-16-20(18,19)10-5-13-3-8-15-9-4-13/h3-4,8-9,16-17H,1-2,5-7,10-12H2. The third-order valence-corrected chi connectivity index (χ3v) is 5.40. The molecule has 1 saturated carbocycles. The Hall–Kier alpha value is -0.980. The fourth-order valence-corrected chi connectivity index (χ4v) is 3.83. The van der Waals surface area contributed by atoms with Crippen LogP contribution in [0.25, 0.3) is 0 Å². The number of rotatable bonds is 7. The first-order chi connectivity index (χ1) is 9.55. The zero-order chi connectivity index (χ0) is 14.5. The minimum atomic E-state index is -3.30. The van der Waals surface area contributed by atoms with Crippen LogP contribution in [0.15, 0.2) is 24.5 Å². The van der Waals surface area contributed by atoms with Gasteiger partial charge in [0.2, 0.25) is 10.0 Å². The topological polar surface area (TPSA) is 79.3 Å². The number of hydrogen-bond acceptors (Lipinski definition) is 4. The number of hydrogen-bond donors (Lipinski definition) is 2. The summed E-state index contributed by atoms with van der Waals surface area (Å²) in [6.45, 7) is 0.405. The third-order valence-electron chi connectivity index (χ3n) is 4.08. The molecule has 1 aliphatic carbocycles. The maximum absolute atomic E-state index is 12.0. The Balaban J connectivity index is 1.85. The van der Waals surface area contributed by atoms with E-state index in [4.69, 9.17) is 0 Å². The molecule has 0 atom stereocenters. The second-order valence-corrected chi connectivity index (χ2v) is 7.54. The van der Waals surface area contributed by atoms with E-state index < -0.39 is 10.0 Å². The van der Waals surface area contributed by atoms with E-state index in [-0.39, 0.29) is 17.8 Å². The van der Waals surface area contributed by atoms with Crippen LogP contribution in [0.5, 0.6) is 0 Å². The molecule has 1 heterocycles. The van der Waals surface area contributed by atoms with E-state index in [2.05, 4.69) is 9.71 Å². The van der Waals surface area contributed by atoms with Crippen LogP contribution in [-0.4, -0.2) is 37.4 Å². The molecule has 1 aromatic heterocycles. The van der Waals surface area contributed by atoms with Gasteiger partial charge in [0.15, 0.2) is 0 Å². The van der Waals surface area contributed by atoms with E-state index in [9.17, 15) is 13.5 Å². The number of aliphatic hydroxyl groups excluding tert-OH is 1. The minimum Gasteiger partial charge on any atom is -0.396 e. The molecular formula is C14H22N2O3S. The molecule has 0 spiro atoms. The fourth-order valence-electron chi connectivity index (χ4n) is 2.65. The minimum absolute atomic E-state index is 0.0554. The highest BCUT2D eigenvalue weighted by Crippen LogP contribution is 2.37. The quantitative estimate of drug-likeness (QED) is 0.790. The molecule has 0 radical (unpaired) electrons. The van der Waals surface area contributed by atoms with E-state index >= 15 is 0 Å². The lowest BCUT2D eigenvalue weighted by molar-refractivity contribution is 0.134. The molecule has 2 rings (SSSR count). The average Bonchev–Trinajstić information content (AvgIpc) is 2.94. The summed E-state index contributed by atoms with van der Waals surface area (Å²) in [5.74, 6) is 0.0680. The molecule has 2 N–H and O–H groups in total. The highest BCUT2D eigenvalue weighted by molar-refractivity contribution is 7.89. The fraction of sp³-hybridized carbons (Fsp3) is 0.643. The van der Waals surface area contributed by atoms with Gasteiger partial charge in [0.25, 0.3) is 0 Å². The summed E-state index contributed by atoms with van der Waals surface area (Å²) in [5, 5.41) is 9.48. The first-order valence-electron chi connectivity index (χ1n) is 7.02. The van der Waals surface area contributed by atoms with Gasteiger partial charge in [-0.2, -0.15) is 0 Å². The predicted octanol–water partition coefficient (Wildman–Crippen LogP) is 1.10. The van der Waals surface area contributed by atoms with Crippen molar-refractivity contribution in [3.63, 3.8) is 0 Å². The Labute approximate surface area is 120 Å². The van der Waals surface area contributed by atoms with Crippen molar-refractivity contribution in [2.24, 2.45) is 5.41 Å². The summed E-state index contributed by atoms with van der Waals surface area (Å²) < 4.78 is 26.7. The first kappa shape index (κ1) is 15.4. The zero-order valence-corrected chi connectivity index (χ0v) is 12.4. The second-order valence-electron chi connectivity index (χ2n) is 5.61. The highest BCUT2D eigenvalue weighted by Gasteiger charge is 2.34. The van der Waals surface area contributed by atoms with Crippen LogP contribution in [0.1, 0.15) is 31.2 Å². The first-order valence-corrected chi connectivity index (χ1v) is 8.68. The summed E-state index contributed by atoms with van der Waals surface area (Å²) >= 11 is 0. The lowest BCUT2D eigenvalue weighted by atomic mass is 9.88. The van der Waals surface area contributed by atoms with Crippen LogP contribution in [-0.2, 0) is 16.4 Å². The van der Waals surface area contributed by atoms with Crippen molar-refractivity contribution in [3.05, 3.63) is 30.1 Å². The smallest absolute Gasteiger partial charge is 0.211 e. The van der Waals surface area contributed by atoms with Gasteiger partial charge in [-0.15, -0.1) is 0 Å². The summed E-state index contributed by atoms with van der Waals surface area (Å²) in [5.41, 5.74) is 0.715. The highest BCUT2D eigenvalue weighted by atomic mass is 32.2. The van der Waals surface area contributed by atoms with Crippen molar-refractivity contribution >= 4 is 10.0 Å². The van der Waals surface area contributed by atoms with E-state index in [0.29, 0.717) is 13.0 Å². The summed E-state index contributed by atoms with van der Waals surface area (Å²) in [6, 6.07) is 3.64. The molecule has 112 valence electrons. The lowest BCUT2D eigenvalue weighted by Crippen LogP contribution is -2.39. The molecule has 0 bridgehead atoms. The molecule has 0 aromatic carbocycles. The predicted molar refractivity (Wildman–Crippen MR) is 77.7 cm³/mol. The number of aryl methyl sites for hydroxylation is 1. The Bertz CT molecular complexity index is 510. The number of sulfonamides is 1. The van der Waals surface area contributed by atoms with E-state index in [1.807, 2.05) is 12.1 Å². The molecule has 5 nitrogen and oxygen atoms in total. The second kappa shape index (κ2) is 6.65. The van der Waals surface area contributed by atoms with Crippen LogP contribution in [0.4, 0.5) is 0 Å². The molecule has 6 heteroatoms. The number of aromatic nitrogens is 1. The molecular weight excluding hydrogens is 276 g/mol. The van der Waals surface area contributed by atoms with E-state index in [0.717, 1.165) is 31.2 Å². The molecule has 0 unspecified atom stereocenters. The number of nitrogens with zero attached hydrogens (tertiary/aromatic N) is 1. The number of nitrogens with one attached hydrogen (secondary N) is 1. The lowest BCUT2D eigenvalue weighted by Gasteiger charge is -2.26. The summed E-state index contributed by atoms with van der Waals surface area (Å²) in [7, 11) is -3.30. The van der Waals surface area contributed by atoms with Crippen LogP contribution in [0.3, 0.4) is 0 Å². The van der Waals surface area contributed by atoms with Crippen molar-refractivity contribution < 1.29 is 13.5 Å². The largest absolute Gasteiger partial charge is 0.396 e. The Morgan fingerprint density at radius 2 is 1.90 bits per heavy atom. The third kappa shape index (κ3) is 4.26. The van der Waals surface area contributed by atoms with Crippen LogP contribution < -0.4 is 4.72 Å².